The fourth-order valence-electron chi connectivity index (χ4n) is 1.66. The van der Waals surface area contributed by atoms with Crippen LogP contribution >= 0.6 is 15.9 Å². The van der Waals surface area contributed by atoms with Crippen molar-refractivity contribution in [2.24, 2.45) is 0 Å². The van der Waals surface area contributed by atoms with Crippen LogP contribution in [0.5, 0.6) is 0 Å². The van der Waals surface area contributed by atoms with Crippen LogP contribution in [0, 0.1) is 5.82 Å². The minimum absolute atomic E-state index is 0.0919. The minimum Gasteiger partial charge on any atom is -0.305 e. The van der Waals surface area contributed by atoms with Crippen molar-refractivity contribution in [3.63, 3.8) is 0 Å². The second kappa shape index (κ2) is 6.07. The Morgan fingerprint density at radius 3 is 2.83 bits per heavy atom. The zero-order valence-electron chi connectivity index (χ0n) is 10.0. The molecule has 2 rings (SSSR count). The smallest absolute Gasteiger partial charge is 0.128 e. The maximum absolute atomic E-state index is 13.6. The molecule has 1 heterocycles. The van der Waals surface area contributed by atoms with Gasteiger partial charge in [0.25, 0.3) is 0 Å². The molecule has 0 fully saturated rings. The minimum atomic E-state index is -0.204. The van der Waals surface area contributed by atoms with E-state index in [4.69, 9.17) is 0 Å². The molecular weight excluding hydrogens is 295 g/mol. The maximum Gasteiger partial charge on any atom is 0.128 e. The van der Waals surface area contributed by atoms with Crippen LogP contribution in [-0.2, 0) is 6.54 Å². The van der Waals surface area contributed by atoms with Gasteiger partial charge in [-0.15, -0.1) is 0 Å². The van der Waals surface area contributed by atoms with Gasteiger partial charge in [0.2, 0.25) is 0 Å². The van der Waals surface area contributed by atoms with Gasteiger partial charge >= 0.3 is 0 Å². The summed E-state index contributed by atoms with van der Waals surface area (Å²) in [6.45, 7) is 2.50. The SMILES string of the molecule is CC(NCc1ccc(Br)cc1F)c1ccccn1. The summed E-state index contributed by atoms with van der Waals surface area (Å²) >= 11 is 3.24. The molecule has 94 valence electrons. The Hall–Kier alpha value is -1.26. The lowest BCUT2D eigenvalue weighted by Gasteiger charge is -2.13. The first-order valence-electron chi connectivity index (χ1n) is 5.75. The number of pyridine rings is 1. The number of aromatic nitrogens is 1. The van der Waals surface area contributed by atoms with Crippen molar-refractivity contribution in [3.05, 3.63) is 64.1 Å². The molecule has 0 aliphatic carbocycles. The lowest BCUT2D eigenvalue weighted by Crippen LogP contribution is -2.19. The van der Waals surface area contributed by atoms with E-state index in [0.29, 0.717) is 12.1 Å². The van der Waals surface area contributed by atoms with Crippen LogP contribution in [0.3, 0.4) is 0 Å². The molecule has 2 nitrogen and oxygen atoms in total. The predicted octanol–water partition coefficient (Wildman–Crippen LogP) is 3.83. The van der Waals surface area contributed by atoms with Crippen LogP contribution in [0.4, 0.5) is 4.39 Å². The van der Waals surface area contributed by atoms with Gasteiger partial charge in [0.15, 0.2) is 0 Å². The molecule has 0 saturated carbocycles. The highest BCUT2D eigenvalue weighted by molar-refractivity contribution is 9.10. The van der Waals surface area contributed by atoms with E-state index in [1.165, 1.54) is 6.07 Å². The van der Waals surface area contributed by atoms with Gasteiger partial charge in [0.05, 0.1) is 5.69 Å². The van der Waals surface area contributed by atoms with Gasteiger partial charge < -0.3 is 5.32 Å². The number of hydrogen-bond acceptors (Lipinski definition) is 2. The van der Waals surface area contributed by atoms with Crippen molar-refractivity contribution in [2.75, 3.05) is 0 Å². The van der Waals surface area contributed by atoms with Gasteiger partial charge in [0.1, 0.15) is 5.82 Å². The number of benzene rings is 1. The fraction of sp³-hybridized carbons (Fsp3) is 0.214. The molecule has 1 aromatic carbocycles. The molecular formula is C14H14BrFN2. The first-order chi connectivity index (χ1) is 8.66. The Kier molecular flexibility index (Phi) is 4.44. The molecule has 1 N–H and O–H groups in total. The highest BCUT2D eigenvalue weighted by Crippen LogP contribution is 2.16. The number of hydrogen-bond donors (Lipinski definition) is 1. The summed E-state index contributed by atoms with van der Waals surface area (Å²) in [5.41, 5.74) is 1.61. The van der Waals surface area contributed by atoms with Crippen LogP contribution in [0.1, 0.15) is 24.2 Å². The van der Waals surface area contributed by atoms with E-state index < -0.39 is 0 Å². The molecule has 0 aliphatic heterocycles. The number of nitrogens with zero attached hydrogens (tertiary/aromatic N) is 1. The van der Waals surface area contributed by atoms with Gasteiger partial charge in [-0.1, -0.05) is 28.1 Å². The highest BCUT2D eigenvalue weighted by atomic mass is 79.9. The number of halogens is 2. The van der Waals surface area contributed by atoms with Crippen molar-refractivity contribution in [2.45, 2.75) is 19.5 Å². The van der Waals surface area contributed by atoms with Gasteiger partial charge in [0, 0.05) is 28.8 Å². The summed E-state index contributed by atoms with van der Waals surface area (Å²) in [7, 11) is 0. The molecule has 1 aromatic heterocycles. The molecule has 2 aromatic rings. The van der Waals surface area contributed by atoms with Crippen molar-refractivity contribution in [3.8, 4) is 0 Å². The zero-order valence-corrected chi connectivity index (χ0v) is 11.6. The molecule has 0 saturated heterocycles. The molecule has 1 unspecified atom stereocenters. The molecule has 0 aliphatic rings. The second-order valence-electron chi connectivity index (χ2n) is 4.09. The molecule has 0 amide bonds. The Labute approximate surface area is 114 Å². The van der Waals surface area contributed by atoms with E-state index in [1.807, 2.05) is 31.2 Å². The van der Waals surface area contributed by atoms with E-state index in [9.17, 15) is 4.39 Å². The summed E-state index contributed by atoms with van der Waals surface area (Å²) in [6.07, 6.45) is 1.76. The van der Waals surface area contributed by atoms with Gasteiger partial charge in [-0.3, -0.25) is 4.98 Å². The monoisotopic (exact) mass is 308 g/mol. The maximum atomic E-state index is 13.6. The standard InChI is InChI=1S/C14H14BrFN2/c1-10(14-4-2-3-7-17-14)18-9-11-5-6-12(15)8-13(11)16/h2-8,10,18H,9H2,1H3. The summed E-state index contributed by atoms with van der Waals surface area (Å²) in [5, 5.41) is 3.26. The number of nitrogens with one attached hydrogen (secondary N) is 1. The first-order valence-corrected chi connectivity index (χ1v) is 6.54. The third-order valence-corrected chi connectivity index (χ3v) is 3.24. The molecule has 0 radical (unpaired) electrons. The second-order valence-corrected chi connectivity index (χ2v) is 5.01. The average molecular weight is 309 g/mol. The Morgan fingerprint density at radius 2 is 2.17 bits per heavy atom. The van der Waals surface area contributed by atoms with E-state index >= 15 is 0 Å². The molecule has 18 heavy (non-hydrogen) atoms. The van der Waals surface area contributed by atoms with Crippen molar-refractivity contribution < 1.29 is 4.39 Å². The topological polar surface area (TPSA) is 24.9 Å². The Morgan fingerprint density at radius 1 is 1.33 bits per heavy atom. The van der Waals surface area contributed by atoms with Crippen LogP contribution in [0.25, 0.3) is 0 Å². The fourth-order valence-corrected chi connectivity index (χ4v) is 2.00. The first kappa shape index (κ1) is 13.2. The third kappa shape index (κ3) is 3.37. The zero-order chi connectivity index (χ0) is 13.0. The van der Waals surface area contributed by atoms with E-state index in [0.717, 1.165) is 10.2 Å². The summed E-state index contributed by atoms with van der Waals surface area (Å²) in [6, 6.07) is 11.0. The third-order valence-electron chi connectivity index (χ3n) is 2.75. The summed E-state index contributed by atoms with van der Waals surface area (Å²) in [4.78, 5) is 4.26. The van der Waals surface area contributed by atoms with Gasteiger partial charge in [-0.25, -0.2) is 4.39 Å². The average Bonchev–Trinajstić information content (AvgIpc) is 2.38. The summed E-state index contributed by atoms with van der Waals surface area (Å²) in [5.74, 6) is -0.204. The quantitative estimate of drug-likeness (QED) is 0.928. The normalized spacial score (nSPS) is 12.4. The lowest BCUT2D eigenvalue weighted by molar-refractivity contribution is 0.536. The van der Waals surface area contributed by atoms with Crippen LogP contribution in [0.2, 0.25) is 0 Å². The van der Waals surface area contributed by atoms with Crippen LogP contribution in [0.15, 0.2) is 47.1 Å². The van der Waals surface area contributed by atoms with Gasteiger partial charge in [-0.2, -0.15) is 0 Å². The Bertz CT molecular complexity index is 516. The van der Waals surface area contributed by atoms with E-state index in [2.05, 4.69) is 26.2 Å². The number of rotatable bonds is 4. The molecule has 4 heteroatoms. The van der Waals surface area contributed by atoms with Crippen molar-refractivity contribution in [1.29, 1.82) is 0 Å². The molecule has 0 spiro atoms. The molecule has 1 atom stereocenters. The highest BCUT2D eigenvalue weighted by Gasteiger charge is 2.07. The van der Waals surface area contributed by atoms with Crippen LogP contribution in [-0.4, -0.2) is 4.98 Å². The largest absolute Gasteiger partial charge is 0.305 e. The lowest BCUT2D eigenvalue weighted by atomic mass is 10.1. The summed E-state index contributed by atoms with van der Waals surface area (Å²) < 4.78 is 14.4. The van der Waals surface area contributed by atoms with E-state index in [1.54, 1.807) is 12.3 Å². The molecule has 0 bridgehead atoms. The predicted molar refractivity (Wildman–Crippen MR) is 73.6 cm³/mol. The van der Waals surface area contributed by atoms with Crippen molar-refractivity contribution in [1.82, 2.24) is 10.3 Å². The van der Waals surface area contributed by atoms with Gasteiger partial charge in [-0.05, 0) is 31.2 Å². The van der Waals surface area contributed by atoms with Crippen LogP contribution < -0.4 is 5.32 Å². The van der Waals surface area contributed by atoms with Crippen molar-refractivity contribution >= 4 is 15.9 Å². The van der Waals surface area contributed by atoms with E-state index in [-0.39, 0.29) is 11.9 Å². The Balaban J connectivity index is 1.99.